The molecular formula is C63H78O34. The predicted molar refractivity (Wildman–Crippen MR) is 317 cm³/mol. The van der Waals surface area contributed by atoms with E-state index in [2.05, 4.69) is 0 Å². The zero-order valence-corrected chi connectivity index (χ0v) is 52.4. The van der Waals surface area contributed by atoms with Gasteiger partial charge in [0.25, 0.3) is 0 Å². The molecule has 5 aliphatic rings. The van der Waals surface area contributed by atoms with Crippen molar-refractivity contribution >= 4 is 47.8 Å². The highest BCUT2D eigenvalue weighted by atomic mass is 16.8. The molecule has 5 saturated heterocycles. The molecule has 5 aliphatic heterocycles. The van der Waals surface area contributed by atoms with Crippen LogP contribution in [0, 0.1) is 5.92 Å². The SMILES string of the molecule is COc1cc(C=CC(=O)OC2C(COC(C)=O)OC(OC3(COC(=O)C=Cc4ccc(O)cc4)OC(CO)C(O)C3OC(=O)c3ccccc3)C(OC3OC(CO)C(O)C(O)C3O)C2OC2OC(COC(C)=O)C(CC(C)=O)C(OC3OC(CO)C(O)C(O)C3O)C2O)ccc1O. The first-order chi connectivity index (χ1) is 46.2. The number of aliphatic hydroxyl groups excluding tert-OH is 11. The van der Waals surface area contributed by atoms with Crippen molar-refractivity contribution < 1.29 is 166 Å². The van der Waals surface area contributed by atoms with Gasteiger partial charge >= 0.3 is 29.8 Å². The summed E-state index contributed by atoms with van der Waals surface area (Å²) < 4.78 is 90.5. The topological polar surface area (TPSA) is 504 Å². The number of ether oxygens (including phenoxy) is 15. The van der Waals surface area contributed by atoms with Gasteiger partial charge in [0, 0.05) is 38.3 Å². The minimum atomic E-state index is -3.02. The molecule has 3 aromatic rings. The fourth-order valence-corrected chi connectivity index (χ4v) is 11.2. The van der Waals surface area contributed by atoms with E-state index in [1.165, 1.54) is 86.0 Å². The van der Waals surface area contributed by atoms with Gasteiger partial charge in [-0.3, -0.25) is 9.59 Å². The maximum absolute atomic E-state index is 14.5. The van der Waals surface area contributed by atoms with Gasteiger partial charge in [-0.15, -0.1) is 0 Å². The van der Waals surface area contributed by atoms with Crippen LogP contribution >= 0.6 is 0 Å². The van der Waals surface area contributed by atoms with E-state index >= 15 is 0 Å². The highest BCUT2D eigenvalue weighted by Gasteiger charge is 2.64. The van der Waals surface area contributed by atoms with Gasteiger partial charge in [-0.25, -0.2) is 14.4 Å². The van der Waals surface area contributed by atoms with E-state index in [0.717, 1.165) is 32.9 Å². The Hall–Kier alpha value is -7.24. The number of carbonyl (C=O) groups is 6. The molecule has 0 bridgehead atoms. The molecule has 13 N–H and O–H groups in total. The van der Waals surface area contributed by atoms with Crippen LogP contribution in [0.25, 0.3) is 12.2 Å². The van der Waals surface area contributed by atoms with Crippen molar-refractivity contribution in [1.82, 2.24) is 0 Å². The average molecular weight is 1380 g/mol. The summed E-state index contributed by atoms with van der Waals surface area (Å²) in [5, 5.41) is 143. The molecule has 24 atom stereocenters. The second-order valence-electron chi connectivity index (χ2n) is 23.1. The Morgan fingerprint density at radius 1 is 0.515 bits per heavy atom. The van der Waals surface area contributed by atoms with Crippen LogP contribution in [0.15, 0.2) is 84.9 Å². The molecule has 0 spiro atoms. The van der Waals surface area contributed by atoms with Gasteiger partial charge < -0.3 is 142 Å². The maximum atomic E-state index is 14.5. The molecule has 34 nitrogen and oxygen atoms in total. The van der Waals surface area contributed by atoms with Crippen molar-refractivity contribution in [3.05, 3.63) is 102 Å². The van der Waals surface area contributed by atoms with E-state index in [4.69, 9.17) is 71.1 Å². The van der Waals surface area contributed by atoms with Gasteiger partial charge in [-0.2, -0.15) is 0 Å². The lowest BCUT2D eigenvalue weighted by Gasteiger charge is -2.51. The third-order valence-electron chi connectivity index (χ3n) is 16.2. The molecule has 0 amide bonds. The number of methoxy groups -OCH3 is 1. The van der Waals surface area contributed by atoms with Crippen LogP contribution in [0.2, 0.25) is 0 Å². The summed E-state index contributed by atoms with van der Waals surface area (Å²) in [6.45, 7) is -3.23. The number of aromatic hydroxyl groups is 2. The number of esters is 5. The van der Waals surface area contributed by atoms with Crippen molar-refractivity contribution in [2.75, 3.05) is 46.8 Å². The van der Waals surface area contributed by atoms with E-state index in [-0.39, 0.29) is 28.4 Å². The third kappa shape index (κ3) is 18.6. The van der Waals surface area contributed by atoms with Crippen molar-refractivity contribution in [3.63, 3.8) is 0 Å². The number of benzene rings is 3. The van der Waals surface area contributed by atoms with Gasteiger partial charge in [0.15, 0.2) is 48.9 Å². The molecule has 34 heteroatoms. The summed E-state index contributed by atoms with van der Waals surface area (Å²) in [6, 6.07) is 16.4. The van der Waals surface area contributed by atoms with E-state index in [9.17, 15) is 95.2 Å². The lowest BCUT2D eigenvalue weighted by Crippen LogP contribution is -2.69. The third-order valence-corrected chi connectivity index (χ3v) is 16.2. The highest BCUT2D eigenvalue weighted by molar-refractivity contribution is 5.90. The monoisotopic (exact) mass is 1380 g/mol. The zero-order valence-electron chi connectivity index (χ0n) is 52.4. The van der Waals surface area contributed by atoms with Gasteiger partial charge in [-0.05, 0) is 66.6 Å². The molecule has 8 rings (SSSR count). The Morgan fingerprint density at radius 3 is 1.62 bits per heavy atom. The number of rotatable bonds is 27. The lowest BCUT2D eigenvalue weighted by atomic mass is 9.84. The molecule has 0 saturated carbocycles. The number of hydrogen-bond donors (Lipinski definition) is 13. The summed E-state index contributed by atoms with van der Waals surface area (Å²) >= 11 is 0. The summed E-state index contributed by atoms with van der Waals surface area (Å²) in [6.07, 6.45) is -43.6. The minimum absolute atomic E-state index is 0.0398. The fourth-order valence-electron chi connectivity index (χ4n) is 11.2. The molecule has 534 valence electrons. The Labute approximate surface area is 552 Å². The van der Waals surface area contributed by atoms with Crippen LogP contribution in [0.5, 0.6) is 17.2 Å². The molecule has 97 heavy (non-hydrogen) atoms. The smallest absolute Gasteiger partial charge is 0.338 e. The summed E-state index contributed by atoms with van der Waals surface area (Å²) in [5.74, 6) is -11.3. The average Bonchev–Trinajstić information content (AvgIpc) is 1.72. The highest BCUT2D eigenvalue weighted by Crippen LogP contribution is 2.44. The Kier molecular flexibility index (Phi) is 26.5. The van der Waals surface area contributed by atoms with Crippen molar-refractivity contribution in [3.8, 4) is 17.2 Å². The molecule has 0 aromatic heterocycles. The second kappa shape index (κ2) is 34.0. The summed E-state index contributed by atoms with van der Waals surface area (Å²) in [5.41, 5.74) is 0.410. The molecule has 3 aromatic carbocycles. The van der Waals surface area contributed by atoms with Gasteiger partial charge in [0.1, 0.15) is 123 Å². The van der Waals surface area contributed by atoms with E-state index < -0.39 is 228 Å². The van der Waals surface area contributed by atoms with E-state index in [1.54, 1.807) is 6.07 Å². The fraction of sp³-hybridized carbons (Fsp3) is 0.556. The normalized spacial score (nSPS) is 35.2. The van der Waals surface area contributed by atoms with Gasteiger partial charge in [0.05, 0.1) is 38.6 Å². The van der Waals surface area contributed by atoms with Crippen molar-refractivity contribution in [1.29, 1.82) is 0 Å². The number of phenolic OH excluding ortho intramolecular Hbond substituents is 2. The standard InChI is InChI=1S/C63H78O34/c1-28(67)20-35-41(25-84-29(2)68)89-61(52(81)53(35)92-59-50(79)48(77)45(74)38(22-64)87-59)93-55-54(91-44(73)19-14-32-12-17-36(71)37(21-32)83-4)42(26-85-30(3)69)90-62(56(55)94-60-51(80)49(78)46(75)39(23-65)88-60)97-63(27-86-43(72)18-13-31-10-15-34(70)16-11-31)57(47(76)40(24-66)96-63)95-58(82)33-8-6-5-7-9-33/h5-19,21,35,38-42,45-57,59-62,64-66,70-71,74-81H,20,22-27H2,1-4H3. The largest absolute Gasteiger partial charge is 0.508 e. The van der Waals surface area contributed by atoms with Crippen LogP contribution < -0.4 is 4.74 Å². The van der Waals surface area contributed by atoms with Gasteiger partial charge in [0.2, 0.25) is 5.79 Å². The van der Waals surface area contributed by atoms with E-state index in [0.29, 0.717) is 5.56 Å². The molecule has 24 unspecified atom stereocenters. The van der Waals surface area contributed by atoms with Crippen molar-refractivity contribution in [2.45, 2.75) is 168 Å². The van der Waals surface area contributed by atoms with Crippen LogP contribution in [-0.4, -0.2) is 290 Å². The molecular weight excluding hydrogens is 1300 g/mol. The predicted octanol–water partition coefficient (Wildman–Crippen LogP) is -3.73. The summed E-state index contributed by atoms with van der Waals surface area (Å²) in [7, 11) is 1.25. The van der Waals surface area contributed by atoms with Crippen LogP contribution in [0.3, 0.4) is 0 Å². The molecule has 0 radical (unpaired) electrons. The van der Waals surface area contributed by atoms with E-state index in [1.807, 2.05) is 0 Å². The number of ketones is 1. The Balaban J connectivity index is 1.33. The van der Waals surface area contributed by atoms with Crippen molar-refractivity contribution in [2.24, 2.45) is 5.92 Å². The Morgan fingerprint density at radius 2 is 1.04 bits per heavy atom. The number of Topliss-reactive ketones (excluding diaryl/α,β-unsaturated/α-hetero) is 1. The second-order valence-corrected chi connectivity index (χ2v) is 23.1. The number of aliphatic hydroxyl groups is 11. The molecule has 5 fully saturated rings. The number of carbonyl (C=O) groups excluding carboxylic acids is 6. The number of phenols is 2. The summed E-state index contributed by atoms with van der Waals surface area (Å²) in [4.78, 5) is 81.2. The quantitative estimate of drug-likeness (QED) is 0.0198. The molecule has 5 heterocycles. The van der Waals surface area contributed by atoms with Gasteiger partial charge in [-0.1, -0.05) is 36.4 Å². The van der Waals surface area contributed by atoms with Crippen LogP contribution in [0.1, 0.15) is 48.7 Å². The number of hydrogen-bond acceptors (Lipinski definition) is 34. The maximum Gasteiger partial charge on any atom is 0.338 e. The first-order valence-corrected chi connectivity index (χ1v) is 30.3. The minimum Gasteiger partial charge on any atom is -0.508 e. The zero-order chi connectivity index (χ0) is 70.6. The lowest BCUT2D eigenvalue weighted by molar-refractivity contribution is -0.422. The first-order valence-electron chi connectivity index (χ1n) is 30.3. The molecule has 0 aliphatic carbocycles. The van der Waals surface area contributed by atoms with Crippen LogP contribution in [0.4, 0.5) is 0 Å². The Bertz CT molecular complexity index is 3180. The first kappa shape index (κ1) is 75.5. The van der Waals surface area contributed by atoms with Crippen LogP contribution in [-0.2, 0) is 90.3 Å².